The maximum Gasteiger partial charge on any atom is 0.320 e. The number of nitrogens with zero attached hydrogens (tertiary/aromatic N) is 2. The average molecular weight is 335 g/mol. The van der Waals surface area contributed by atoms with E-state index in [0.29, 0.717) is 22.9 Å². The first-order valence-electron chi connectivity index (χ1n) is 7.55. The molecule has 3 N–H and O–H groups in total. The number of nitrogens with two attached hydrogens (primary N) is 1. The molecule has 1 atom stereocenters. The summed E-state index contributed by atoms with van der Waals surface area (Å²) in [5.74, 6) is -1.49. The van der Waals surface area contributed by atoms with Gasteiger partial charge in [-0.2, -0.15) is 0 Å². The van der Waals surface area contributed by atoms with Crippen LogP contribution in [-0.4, -0.2) is 34.2 Å². The number of ether oxygens (including phenoxy) is 1. The smallest absolute Gasteiger partial charge is 0.320 e. The van der Waals surface area contributed by atoms with E-state index in [9.17, 15) is 20.0 Å². The van der Waals surface area contributed by atoms with Crippen molar-refractivity contribution in [1.82, 2.24) is 4.57 Å². The predicted molar refractivity (Wildman–Crippen MR) is 89.4 cm³/mol. The van der Waals surface area contributed by atoms with Crippen molar-refractivity contribution in [2.75, 3.05) is 13.7 Å². The van der Waals surface area contributed by atoms with Gasteiger partial charge in [0.05, 0.1) is 28.9 Å². The van der Waals surface area contributed by atoms with Crippen molar-refractivity contribution < 1.29 is 19.6 Å². The first-order chi connectivity index (χ1) is 11.3. The largest absolute Gasteiger partial charge is 0.490 e. The molecule has 2 aromatic rings. The average Bonchev–Trinajstić information content (AvgIpc) is 2.77. The molecule has 1 aromatic heterocycles. The van der Waals surface area contributed by atoms with E-state index >= 15 is 0 Å². The Morgan fingerprint density at radius 3 is 2.67 bits per heavy atom. The van der Waals surface area contributed by atoms with Crippen LogP contribution in [0.4, 0.5) is 5.69 Å². The van der Waals surface area contributed by atoms with Crippen LogP contribution in [-0.2, 0) is 18.3 Å². The zero-order valence-electron chi connectivity index (χ0n) is 13.9. The molecule has 1 aromatic carbocycles. The van der Waals surface area contributed by atoms with Gasteiger partial charge < -0.3 is 20.1 Å². The number of carboxylic acids is 1. The van der Waals surface area contributed by atoms with Crippen molar-refractivity contribution in [2.24, 2.45) is 18.7 Å². The van der Waals surface area contributed by atoms with Crippen LogP contribution in [0.1, 0.15) is 17.7 Å². The highest BCUT2D eigenvalue weighted by atomic mass is 16.6. The van der Waals surface area contributed by atoms with E-state index in [1.54, 1.807) is 19.2 Å². The van der Waals surface area contributed by atoms with E-state index in [1.807, 2.05) is 11.5 Å². The third-order valence-corrected chi connectivity index (χ3v) is 4.44. The number of carbonyl (C=O) groups is 1. The van der Waals surface area contributed by atoms with Crippen molar-refractivity contribution >= 4 is 22.6 Å². The number of aryl methyl sites for hydroxylation is 1. The number of hydrogen-bond donors (Lipinski definition) is 2. The Hall–Kier alpha value is -2.61. The lowest BCUT2D eigenvalue weighted by atomic mass is 9.94. The fourth-order valence-corrected chi connectivity index (χ4v) is 3.06. The fraction of sp³-hybridized carbons (Fsp3) is 0.438. The fourth-order valence-electron chi connectivity index (χ4n) is 3.06. The lowest BCUT2D eigenvalue weighted by molar-refractivity contribution is -0.384. The number of rotatable bonds is 7. The summed E-state index contributed by atoms with van der Waals surface area (Å²) in [5, 5.41) is 21.4. The van der Waals surface area contributed by atoms with Crippen LogP contribution >= 0.6 is 0 Å². The molecule has 24 heavy (non-hydrogen) atoms. The zero-order chi connectivity index (χ0) is 18.0. The molecule has 0 aliphatic carbocycles. The van der Waals surface area contributed by atoms with E-state index in [-0.39, 0.29) is 24.4 Å². The van der Waals surface area contributed by atoms with E-state index in [2.05, 4.69) is 0 Å². The van der Waals surface area contributed by atoms with Gasteiger partial charge in [-0.25, -0.2) is 0 Å². The van der Waals surface area contributed by atoms with Gasteiger partial charge >= 0.3 is 11.7 Å². The molecule has 1 heterocycles. The summed E-state index contributed by atoms with van der Waals surface area (Å²) in [6.07, 6.45) is 0.493. The normalized spacial score (nSPS) is 12.3. The third-order valence-electron chi connectivity index (χ3n) is 4.44. The summed E-state index contributed by atoms with van der Waals surface area (Å²) >= 11 is 0. The van der Waals surface area contributed by atoms with Gasteiger partial charge in [0.1, 0.15) is 0 Å². The lowest BCUT2D eigenvalue weighted by Gasteiger charge is -2.12. The number of nitro benzene ring substituents is 1. The molecule has 0 saturated heterocycles. The Bertz CT molecular complexity index is 797. The van der Waals surface area contributed by atoms with Crippen molar-refractivity contribution in [3.8, 4) is 5.75 Å². The SMILES string of the molecule is COc1ccc2c(c(CC(CCN)C(=O)O)c(C)n2C)c1[N+](=O)[O-]. The minimum atomic E-state index is -0.956. The second-order valence-corrected chi connectivity index (χ2v) is 5.71. The quantitative estimate of drug-likeness (QED) is 0.589. The van der Waals surface area contributed by atoms with Crippen molar-refractivity contribution in [3.63, 3.8) is 0 Å². The number of fused-ring (bicyclic) bond motifs is 1. The Morgan fingerprint density at radius 2 is 2.17 bits per heavy atom. The Labute approximate surface area is 139 Å². The van der Waals surface area contributed by atoms with Gasteiger partial charge in [0, 0.05) is 12.7 Å². The van der Waals surface area contributed by atoms with Crippen LogP contribution in [0.5, 0.6) is 5.75 Å². The van der Waals surface area contributed by atoms with E-state index < -0.39 is 16.8 Å². The molecule has 0 bridgehead atoms. The lowest BCUT2D eigenvalue weighted by Crippen LogP contribution is -2.20. The van der Waals surface area contributed by atoms with Gasteiger partial charge in [0.2, 0.25) is 0 Å². The molecule has 0 aliphatic heterocycles. The summed E-state index contributed by atoms with van der Waals surface area (Å²) < 4.78 is 6.96. The van der Waals surface area contributed by atoms with Crippen LogP contribution in [0.15, 0.2) is 12.1 Å². The Morgan fingerprint density at radius 1 is 1.50 bits per heavy atom. The Balaban J connectivity index is 2.74. The molecule has 0 radical (unpaired) electrons. The first-order valence-corrected chi connectivity index (χ1v) is 7.55. The third kappa shape index (κ3) is 2.92. The molecule has 8 heteroatoms. The van der Waals surface area contributed by atoms with Crippen LogP contribution in [0.25, 0.3) is 10.9 Å². The monoisotopic (exact) mass is 335 g/mol. The number of aliphatic carboxylic acids is 1. The molecule has 0 spiro atoms. The van der Waals surface area contributed by atoms with Gasteiger partial charge in [-0.3, -0.25) is 14.9 Å². The molecule has 1 unspecified atom stereocenters. The van der Waals surface area contributed by atoms with Crippen LogP contribution in [0.2, 0.25) is 0 Å². The number of benzene rings is 1. The highest BCUT2D eigenvalue weighted by Crippen LogP contribution is 2.40. The first kappa shape index (κ1) is 17.7. The van der Waals surface area contributed by atoms with Gasteiger partial charge in [-0.1, -0.05) is 0 Å². The van der Waals surface area contributed by atoms with Gasteiger partial charge in [-0.15, -0.1) is 0 Å². The van der Waals surface area contributed by atoms with Gasteiger partial charge in [-0.05, 0) is 44.0 Å². The zero-order valence-corrected chi connectivity index (χ0v) is 13.9. The van der Waals surface area contributed by atoms with Crippen LogP contribution < -0.4 is 10.5 Å². The van der Waals surface area contributed by atoms with E-state index in [4.69, 9.17) is 10.5 Å². The minimum Gasteiger partial charge on any atom is -0.490 e. The highest BCUT2D eigenvalue weighted by molar-refractivity contribution is 5.96. The van der Waals surface area contributed by atoms with Crippen LogP contribution in [0.3, 0.4) is 0 Å². The molecule has 130 valence electrons. The molecule has 0 aliphatic rings. The minimum absolute atomic E-state index is 0.134. The standard InChI is InChI=1S/C16H21N3O5/c1-9-11(8-10(6-7-17)16(20)21)14-12(18(9)2)4-5-13(24-3)15(14)19(22)23/h4-5,10H,6-8,17H2,1-3H3,(H,20,21). The second kappa shape index (κ2) is 6.88. The van der Waals surface area contributed by atoms with Crippen molar-refractivity contribution in [1.29, 1.82) is 0 Å². The summed E-state index contributed by atoms with van der Waals surface area (Å²) in [4.78, 5) is 22.6. The predicted octanol–water partition coefficient (Wildman–Crippen LogP) is 2.00. The van der Waals surface area contributed by atoms with Crippen molar-refractivity contribution in [3.05, 3.63) is 33.5 Å². The summed E-state index contributed by atoms with van der Waals surface area (Å²) in [7, 11) is 3.17. The van der Waals surface area contributed by atoms with E-state index in [0.717, 1.165) is 5.69 Å². The van der Waals surface area contributed by atoms with Crippen LogP contribution in [0, 0.1) is 23.0 Å². The number of aromatic nitrogens is 1. The molecular formula is C16H21N3O5. The summed E-state index contributed by atoms with van der Waals surface area (Å²) in [5.41, 5.74) is 7.49. The molecule has 0 saturated carbocycles. The number of nitro groups is 1. The number of hydrogen-bond acceptors (Lipinski definition) is 5. The number of carboxylic acid groups (broad SMARTS) is 1. The molecule has 2 rings (SSSR count). The summed E-state index contributed by atoms with van der Waals surface area (Å²) in [6, 6.07) is 3.30. The van der Waals surface area contributed by atoms with Crippen molar-refractivity contribution in [2.45, 2.75) is 19.8 Å². The molecule has 8 nitrogen and oxygen atoms in total. The maximum absolute atomic E-state index is 11.6. The molecular weight excluding hydrogens is 314 g/mol. The second-order valence-electron chi connectivity index (χ2n) is 5.71. The molecule has 0 fully saturated rings. The molecule has 0 amide bonds. The van der Waals surface area contributed by atoms with E-state index in [1.165, 1.54) is 7.11 Å². The topological polar surface area (TPSA) is 121 Å². The number of methoxy groups -OCH3 is 1. The van der Waals surface area contributed by atoms with Gasteiger partial charge in [0.15, 0.2) is 5.75 Å². The highest BCUT2D eigenvalue weighted by Gasteiger charge is 2.29. The Kier molecular flexibility index (Phi) is 5.08. The van der Waals surface area contributed by atoms with Gasteiger partial charge in [0.25, 0.3) is 0 Å². The maximum atomic E-state index is 11.6. The summed E-state index contributed by atoms with van der Waals surface area (Å²) in [6.45, 7) is 2.07.